The van der Waals surface area contributed by atoms with Crippen molar-refractivity contribution in [2.24, 2.45) is 0 Å². The Morgan fingerprint density at radius 3 is 2.26 bits per heavy atom. The summed E-state index contributed by atoms with van der Waals surface area (Å²) >= 11 is 0. The molecular formula is C35H39N3O9. The number of hydrogen-bond acceptors (Lipinski definition) is 11. The largest absolute Gasteiger partial charge is 0.497 e. The molecule has 0 bridgehead atoms. The molecule has 2 aliphatic rings. The van der Waals surface area contributed by atoms with E-state index in [0.717, 1.165) is 5.56 Å². The summed E-state index contributed by atoms with van der Waals surface area (Å²) in [4.78, 5) is 14.0. The molecule has 0 spiro atoms. The lowest BCUT2D eigenvalue weighted by molar-refractivity contribution is -0.151. The number of methoxy groups -OCH3 is 3. The minimum absolute atomic E-state index is 0.0401. The Balaban J connectivity index is 1.54. The highest BCUT2D eigenvalue weighted by Gasteiger charge is 2.78. The molecule has 0 radical (unpaired) electrons. The standard InChI is InChI=1S/C35H39N3O9/c1-33(2,3)47-32(40)38(4)19-26-36-37-31(45-26)27-28(20-11-9-8-10-12-20)35(21-13-15-22(42-5)16-14-21)34(41,30(27)39)29-24(44-7)17-23(43-6)18-25(29)46-35/h8-18,27-28,30,39,41H,19H2,1-7H3/t27-,28+,30-,34-,35-/m0/s1. The summed E-state index contributed by atoms with van der Waals surface area (Å²) < 4.78 is 35.3. The molecular weight excluding hydrogens is 606 g/mol. The molecule has 12 nitrogen and oxygen atoms in total. The van der Waals surface area contributed by atoms with Gasteiger partial charge in [0.1, 0.15) is 41.2 Å². The van der Waals surface area contributed by atoms with Crippen LogP contribution >= 0.6 is 0 Å². The molecule has 12 heteroatoms. The number of hydrogen-bond donors (Lipinski definition) is 2. The number of nitrogens with zero attached hydrogens (tertiary/aromatic N) is 3. The van der Waals surface area contributed by atoms with Gasteiger partial charge < -0.3 is 43.2 Å². The molecule has 1 aromatic heterocycles. The van der Waals surface area contributed by atoms with Crippen molar-refractivity contribution in [3.8, 4) is 23.0 Å². The first-order valence-electron chi connectivity index (χ1n) is 15.2. The second kappa shape index (κ2) is 11.8. The van der Waals surface area contributed by atoms with Crippen molar-refractivity contribution in [2.75, 3.05) is 28.4 Å². The van der Waals surface area contributed by atoms with E-state index in [1.807, 2.05) is 30.3 Å². The molecule has 47 heavy (non-hydrogen) atoms. The highest BCUT2D eigenvalue weighted by molar-refractivity contribution is 5.67. The Morgan fingerprint density at radius 1 is 0.957 bits per heavy atom. The van der Waals surface area contributed by atoms with E-state index in [1.54, 1.807) is 71.3 Å². The van der Waals surface area contributed by atoms with Gasteiger partial charge in [0.25, 0.3) is 0 Å². The minimum atomic E-state index is -2.10. The van der Waals surface area contributed by atoms with Crippen molar-refractivity contribution in [2.45, 2.75) is 62.1 Å². The first-order valence-corrected chi connectivity index (χ1v) is 15.2. The number of ether oxygens (including phenoxy) is 5. The van der Waals surface area contributed by atoms with Crippen LogP contribution in [0.2, 0.25) is 0 Å². The monoisotopic (exact) mass is 645 g/mol. The SMILES string of the molecule is COc1ccc([C@@]23Oc4cc(OC)cc(OC)c4[C@]2(O)[C@@H](O)[C@@H](c2nnc(CN(C)C(=O)OC(C)(C)C)o2)[C@H]3c2ccccc2)cc1. The third-order valence-electron chi connectivity index (χ3n) is 8.80. The van der Waals surface area contributed by atoms with Crippen LogP contribution in [0, 0.1) is 0 Å². The first-order chi connectivity index (χ1) is 22.4. The van der Waals surface area contributed by atoms with Gasteiger partial charge in [-0.25, -0.2) is 4.79 Å². The van der Waals surface area contributed by atoms with Gasteiger partial charge in [-0.15, -0.1) is 10.2 Å². The van der Waals surface area contributed by atoms with Crippen LogP contribution in [-0.4, -0.2) is 71.5 Å². The van der Waals surface area contributed by atoms with Crippen molar-refractivity contribution in [1.29, 1.82) is 0 Å². The van der Waals surface area contributed by atoms with E-state index in [0.29, 0.717) is 22.8 Å². The van der Waals surface area contributed by atoms with Gasteiger partial charge in [-0.1, -0.05) is 42.5 Å². The van der Waals surface area contributed by atoms with E-state index in [2.05, 4.69) is 10.2 Å². The molecule has 0 saturated heterocycles. The third-order valence-corrected chi connectivity index (χ3v) is 8.80. The summed E-state index contributed by atoms with van der Waals surface area (Å²) in [6.07, 6.45) is -2.11. The number of aliphatic hydroxyl groups is 2. The molecule has 1 fully saturated rings. The van der Waals surface area contributed by atoms with E-state index in [9.17, 15) is 15.0 Å². The summed E-state index contributed by atoms with van der Waals surface area (Å²) in [5, 5.41) is 34.2. The van der Waals surface area contributed by atoms with Gasteiger partial charge >= 0.3 is 6.09 Å². The van der Waals surface area contributed by atoms with Crippen LogP contribution in [-0.2, 0) is 22.5 Å². The van der Waals surface area contributed by atoms with Crippen molar-refractivity contribution >= 4 is 6.09 Å². The van der Waals surface area contributed by atoms with Gasteiger partial charge in [-0.05, 0) is 44.0 Å². The van der Waals surface area contributed by atoms with Crippen LogP contribution in [0.1, 0.15) is 61.1 Å². The maximum absolute atomic E-state index is 13.2. The number of fused-ring (bicyclic) bond motifs is 3. The topological polar surface area (TPSA) is 146 Å². The zero-order chi connectivity index (χ0) is 33.7. The van der Waals surface area contributed by atoms with Crippen LogP contribution < -0.4 is 18.9 Å². The van der Waals surface area contributed by atoms with Gasteiger partial charge in [-0.2, -0.15) is 0 Å². The molecule has 4 aromatic rings. The zero-order valence-electron chi connectivity index (χ0n) is 27.4. The van der Waals surface area contributed by atoms with Gasteiger partial charge in [0, 0.05) is 25.1 Å². The van der Waals surface area contributed by atoms with E-state index in [-0.39, 0.29) is 29.6 Å². The van der Waals surface area contributed by atoms with Crippen molar-refractivity contribution in [1.82, 2.24) is 15.1 Å². The normalized spacial score (nSPS) is 24.6. The van der Waals surface area contributed by atoms with Gasteiger partial charge in [0.05, 0.1) is 32.8 Å². The fourth-order valence-corrected chi connectivity index (χ4v) is 6.85. The number of rotatable bonds is 8. The molecule has 2 N–H and O–H groups in total. The van der Waals surface area contributed by atoms with Gasteiger partial charge in [-0.3, -0.25) is 0 Å². The zero-order valence-corrected chi connectivity index (χ0v) is 27.4. The van der Waals surface area contributed by atoms with E-state index < -0.39 is 40.8 Å². The molecule has 5 atom stereocenters. The number of amides is 1. The Morgan fingerprint density at radius 2 is 1.64 bits per heavy atom. The van der Waals surface area contributed by atoms with Crippen LogP contribution in [0.3, 0.4) is 0 Å². The summed E-state index contributed by atoms with van der Waals surface area (Å²) in [6.45, 7) is 5.29. The Kier molecular flexibility index (Phi) is 8.05. The molecule has 1 amide bonds. The first kappa shape index (κ1) is 32.1. The average molecular weight is 646 g/mol. The molecule has 3 aromatic carbocycles. The molecule has 248 valence electrons. The maximum atomic E-state index is 13.2. The predicted molar refractivity (Wildman–Crippen MR) is 169 cm³/mol. The average Bonchev–Trinajstić information content (AvgIpc) is 3.68. The lowest BCUT2D eigenvalue weighted by Crippen LogP contribution is -2.52. The highest BCUT2D eigenvalue weighted by Crippen LogP contribution is 2.72. The van der Waals surface area contributed by atoms with Gasteiger partial charge in [0.2, 0.25) is 11.8 Å². The van der Waals surface area contributed by atoms with E-state index in [4.69, 9.17) is 28.1 Å². The van der Waals surface area contributed by atoms with Crippen LogP contribution in [0.15, 0.2) is 71.1 Å². The van der Waals surface area contributed by atoms with Gasteiger partial charge in [0.15, 0.2) is 11.2 Å². The number of aromatic nitrogens is 2. The van der Waals surface area contributed by atoms with E-state index >= 15 is 0 Å². The minimum Gasteiger partial charge on any atom is -0.497 e. The second-order valence-electron chi connectivity index (χ2n) is 12.8. The molecule has 1 aliphatic carbocycles. The number of aliphatic hydroxyl groups excluding tert-OH is 1. The fraction of sp³-hybridized carbons (Fsp3) is 0.400. The quantitative estimate of drug-likeness (QED) is 0.270. The predicted octanol–water partition coefficient (Wildman–Crippen LogP) is 4.88. The highest BCUT2D eigenvalue weighted by atomic mass is 16.6. The summed E-state index contributed by atoms with van der Waals surface area (Å²) in [7, 11) is 6.13. The smallest absolute Gasteiger partial charge is 0.410 e. The summed E-state index contributed by atoms with van der Waals surface area (Å²) in [5.74, 6) is 0.0510. The van der Waals surface area contributed by atoms with Crippen LogP contribution in [0.5, 0.6) is 23.0 Å². The van der Waals surface area contributed by atoms with Crippen LogP contribution in [0.25, 0.3) is 0 Å². The van der Waals surface area contributed by atoms with E-state index in [1.165, 1.54) is 19.1 Å². The molecule has 2 heterocycles. The summed E-state index contributed by atoms with van der Waals surface area (Å²) in [5.41, 5.74) is -2.84. The van der Waals surface area contributed by atoms with Crippen molar-refractivity contribution in [3.63, 3.8) is 0 Å². The number of benzene rings is 3. The Labute approximate surface area is 272 Å². The third kappa shape index (κ3) is 5.12. The molecule has 1 aliphatic heterocycles. The van der Waals surface area contributed by atoms with Crippen LogP contribution in [0.4, 0.5) is 4.79 Å². The second-order valence-corrected chi connectivity index (χ2v) is 12.8. The van der Waals surface area contributed by atoms with Crippen molar-refractivity contribution < 1.29 is 43.1 Å². The maximum Gasteiger partial charge on any atom is 0.410 e. The Hall–Kier alpha value is -4.81. The fourth-order valence-electron chi connectivity index (χ4n) is 6.85. The molecule has 6 rings (SSSR count). The molecule has 0 unspecified atom stereocenters. The lowest BCUT2D eigenvalue weighted by atomic mass is 9.70. The Bertz CT molecular complexity index is 1750. The summed E-state index contributed by atoms with van der Waals surface area (Å²) in [6, 6.07) is 19.9. The molecule has 1 saturated carbocycles. The van der Waals surface area contributed by atoms with Crippen molar-refractivity contribution in [3.05, 3.63) is 95.2 Å². The lowest BCUT2D eigenvalue weighted by Gasteiger charge is -2.40. The number of carbonyl (C=O) groups is 1. The number of carbonyl (C=O) groups excluding carboxylic acids is 1.